The highest BCUT2D eigenvalue weighted by Gasteiger charge is 2.22. The Morgan fingerprint density at radius 1 is 1.10 bits per heavy atom. The SMILES string of the molecule is NC(CSc1ccccc1)CC1OCCc2ccccc21. The lowest BCUT2D eigenvalue weighted by Crippen LogP contribution is -2.28. The van der Waals surface area contributed by atoms with E-state index in [0.717, 1.165) is 25.2 Å². The molecule has 21 heavy (non-hydrogen) atoms. The van der Waals surface area contributed by atoms with Gasteiger partial charge in [-0.2, -0.15) is 0 Å². The summed E-state index contributed by atoms with van der Waals surface area (Å²) in [4.78, 5) is 1.28. The van der Waals surface area contributed by atoms with Crippen LogP contribution in [0.4, 0.5) is 0 Å². The first-order valence-electron chi connectivity index (χ1n) is 7.46. The molecule has 2 nitrogen and oxygen atoms in total. The topological polar surface area (TPSA) is 35.2 Å². The van der Waals surface area contributed by atoms with Gasteiger partial charge in [0.1, 0.15) is 0 Å². The summed E-state index contributed by atoms with van der Waals surface area (Å²) in [6.45, 7) is 0.806. The standard InChI is InChI=1S/C18H21NOS/c19-15(13-21-16-7-2-1-3-8-16)12-18-17-9-5-4-6-14(17)10-11-20-18/h1-9,15,18H,10-13,19H2. The fourth-order valence-electron chi connectivity index (χ4n) is 2.73. The van der Waals surface area contributed by atoms with Gasteiger partial charge in [-0.15, -0.1) is 11.8 Å². The minimum Gasteiger partial charge on any atom is -0.373 e. The van der Waals surface area contributed by atoms with Crippen LogP contribution < -0.4 is 5.73 Å². The molecule has 0 aliphatic carbocycles. The van der Waals surface area contributed by atoms with Crippen LogP contribution in [0.5, 0.6) is 0 Å². The molecule has 2 aromatic carbocycles. The van der Waals surface area contributed by atoms with Crippen LogP contribution in [0.1, 0.15) is 23.7 Å². The van der Waals surface area contributed by atoms with Crippen LogP contribution in [0.25, 0.3) is 0 Å². The lowest BCUT2D eigenvalue weighted by Gasteiger charge is -2.28. The Hall–Kier alpha value is -1.29. The minimum absolute atomic E-state index is 0.145. The van der Waals surface area contributed by atoms with Crippen molar-refractivity contribution in [3.05, 3.63) is 65.7 Å². The van der Waals surface area contributed by atoms with Crippen molar-refractivity contribution in [1.29, 1.82) is 0 Å². The minimum atomic E-state index is 0.145. The Bertz CT molecular complexity index is 572. The average molecular weight is 299 g/mol. The maximum atomic E-state index is 6.31. The van der Waals surface area contributed by atoms with Crippen molar-refractivity contribution in [3.63, 3.8) is 0 Å². The Balaban J connectivity index is 1.57. The zero-order valence-electron chi connectivity index (χ0n) is 12.1. The molecule has 3 rings (SSSR count). The number of hydrogen-bond donors (Lipinski definition) is 1. The molecular formula is C18H21NOS. The van der Waals surface area contributed by atoms with E-state index in [1.807, 2.05) is 17.8 Å². The predicted octanol–water partition coefficient (Wildman–Crippen LogP) is 3.81. The number of fused-ring (bicyclic) bond motifs is 1. The van der Waals surface area contributed by atoms with Crippen LogP contribution in [0.3, 0.4) is 0 Å². The van der Waals surface area contributed by atoms with Crippen LogP contribution in [0.15, 0.2) is 59.5 Å². The molecule has 110 valence electrons. The number of thioether (sulfide) groups is 1. The third-order valence-electron chi connectivity index (χ3n) is 3.82. The Labute approximate surface area is 130 Å². The van der Waals surface area contributed by atoms with Gasteiger partial charge in [0.15, 0.2) is 0 Å². The molecule has 2 aromatic rings. The first-order chi connectivity index (χ1) is 10.3. The van der Waals surface area contributed by atoms with E-state index in [2.05, 4.69) is 48.5 Å². The fourth-order valence-corrected chi connectivity index (χ4v) is 3.63. The molecule has 0 spiro atoms. The van der Waals surface area contributed by atoms with Gasteiger partial charge >= 0.3 is 0 Å². The molecule has 0 aromatic heterocycles. The summed E-state index contributed by atoms with van der Waals surface area (Å²) < 4.78 is 5.94. The normalized spacial score (nSPS) is 19.0. The van der Waals surface area contributed by atoms with Crippen molar-refractivity contribution in [2.75, 3.05) is 12.4 Å². The Kier molecular flexibility index (Phi) is 4.96. The maximum Gasteiger partial charge on any atom is 0.0842 e. The molecule has 1 aliphatic heterocycles. The highest BCUT2D eigenvalue weighted by Crippen LogP contribution is 2.31. The second-order valence-electron chi connectivity index (χ2n) is 5.43. The van der Waals surface area contributed by atoms with E-state index < -0.39 is 0 Å². The van der Waals surface area contributed by atoms with Crippen molar-refractivity contribution < 1.29 is 4.74 Å². The van der Waals surface area contributed by atoms with Gasteiger partial charge < -0.3 is 10.5 Å². The summed E-state index contributed by atoms with van der Waals surface area (Å²) in [6, 6.07) is 19.1. The summed E-state index contributed by atoms with van der Waals surface area (Å²) in [7, 11) is 0. The molecule has 0 bridgehead atoms. The van der Waals surface area contributed by atoms with Gasteiger partial charge in [0.2, 0.25) is 0 Å². The second kappa shape index (κ2) is 7.12. The van der Waals surface area contributed by atoms with Crippen molar-refractivity contribution >= 4 is 11.8 Å². The van der Waals surface area contributed by atoms with Crippen molar-refractivity contribution in [2.24, 2.45) is 5.73 Å². The van der Waals surface area contributed by atoms with Crippen LogP contribution in [-0.2, 0) is 11.2 Å². The summed E-state index contributed by atoms with van der Waals surface area (Å²) in [6.07, 6.45) is 2.05. The van der Waals surface area contributed by atoms with E-state index in [1.165, 1.54) is 16.0 Å². The molecule has 0 radical (unpaired) electrons. The number of hydrogen-bond acceptors (Lipinski definition) is 3. The highest BCUT2D eigenvalue weighted by molar-refractivity contribution is 7.99. The third kappa shape index (κ3) is 3.88. The monoisotopic (exact) mass is 299 g/mol. The zero-order chi connectivity index (χ0) is 14.5. The van der Waals surface area contributed by atoms with E-state index in [-0.39, 0.29) is 12.1 Å². The van der Waals surface area contributed by atoms with Crippen molar-refractivity contribution in [3.8, 4) is 0 Å². The van der Waals surface area contributed by atoms with Crippen LogP contribution in [-0.4, -0.2) is 18.4 Å². The van der Waals surface area contributed by atoms with Crippen LogP contribution in [0, 0.1) is 0 Å². The molecule has 0 amide bonds. The average Bonchev–Trinajstić information content (AvgIpc) is 2.54. The molecule has 0 fully saturated rings. The maximum absolute atomic E-state index is 6.31. The lowest BCUT2D eigenvalue weighted by atomic mass is 9.94. The predicted molar refractivity (Wildman–Crippen MR) is 88.6 cm³/mol. The first kappa shape index (κ1) is 14.6. The summed E-state index contributed by atoms with van der Waals surface area (Å²) in [5.74, 6) is 0.923. The van der Waals surface area contributed by atoms with E-state index >= 15 is 0 Å². The van der Waals surface area contributed by atoms with Gasteiger partial charge in [0.05, 0.1) is 12.7 Å². The van der Waals surface area contributed by atoms with E-state index in [9.17, 15) is 0 Å². The molecule has 2 atom stereocenters. The van der Waals surface area contributed by atoms with Crippen molar-refractivity contribution in [2.45, 2.75) is 29.9 Å². The van der Waals surface area contributed by atoms with E-state index in [1.54, 1.807) is 0 Å². The second-order valence-corrected chi connectivity index (χ2v) is 6.52. The van der Waals surface area contributed by atoms with Gasteiger partial charge in [0, 0.05) is 16.7 Å². The van der Waals surface area contributed by atoms with Crippen LogP contribution >= 0.6 is 11.8 Å². The molecular weight excluding hydrogens is 278 g/mol. The lowest BCUT2D eigenvalue weighted by molar-refractivity contribution is 0.0334. The Morgan fingerprint density at radius 2 is 1.86 bits per heavy atom. The summed E-state index contributed by atoms with van der Waals surface area (Å²) in [5, 5.41) is 0. The zero-order valence-corrected chi connectivity index (χ0v) is 12.9. The van der Waals surface area contributed by atoms with E-state index in [4.69, 9.17) is 10.5 Å². The number of ether oxygens (including phenoxy) is 1. The smallest absolute Gasteiger partial charge is 0.0842 e. The van der Waals surface area contributed by atoms with E-state index in [0.29, 0.717) is 0 Å². The molecule has 0 saturated heterocycles. The summed E-state index contributed by atoms with van der Waals surface area (Å²) >= 11 is 1.82. The number of nitrogens with two attached hydrogens (primary N) is 1. The van der Waals surface area contributed by atoms with Gasteiger partial charge in [-0.25, -0.2) is 0 Å². The number of rotatable bonds is 5. The van der Waals surface area contributed by atoms with Gasteiger partial charge in [-0.3, -0.25) is 0 Å². The van der Waals surface area contributed by atoms with Gasteiger partial charge in [-0.05, 0) is 36.1 Å². The van der Waals surface area contributed by atoms with Gasteiger partial charge in [0.25, 0.3) is 0 Å². The first-order valence-corrected chi connectivity index (χ1v) is 8.44. The van der Waals surface area contributed by atoms with Crippen molar-refractivity contribution in [1.82, 2.24) is 0 Å². The quantitative estimate of drug-likeness (QED) is 0.853. The summed E-state index contributed by atoms with van der Waals surface area (Å²) in [5.41, 5.74) is 9.05. The molecule has 3 heteroatoms. The Morgan fingerprint density at radius 3 is 2.71 bits per heavy atom. The molecule has 2 unspecified atom stereocenters. The third-order valence-corrected chi connectivity index (χ3v) is 5.02. The highest BCUT2D eigenvalue weighted by atomic mass is 32.2. The van der Waals surface area contributed by atoms with Gasteiger partial charge in [-0.1, -0.05) is 42.5 Å². The number of benzene rings is 2. The molecule has 2 N–H and O–H groups in total. The molecule has 0 saturated carbocycles. The molecule has 1 aliphatic rings. The largest absolute Gasteiger partial charge is 0.373 e. The molecule has 1 heterocycles. The van der Waals surface area contributed by atoms with Crippen LogP contribution in [0.2, 0.25) is 0 Å². The fraction of sp³-hybridized carbons (Fsp3) is 0.333.